The Labute approximate surface area is 167 Å². The Kier molecular flexibility index (Phi) is 9.77. The van der Waals surface area contributed by atoms with Crippen LogP contribution >= 0.6 is 24.0 Å². The molecule has 0 heterocycles. The quantitative estimate of drug-likeness (QED) is 0.335. The normalized spacial score (nSPS) is 13.7. The fourth-order valence-corrected chi connectivity index (χ4v) is 2.49. The number of nitrogens with zero attached hydrogens (tertiary/aromatic N) is 1. The molecule has 1 aromatic carbocycles. The maximum atomic E-state index is 5.49. The number of aliphatic imine (C=N–C) groups is 1. The zero-order chi connectivity index (χ0) is 17.4. The number of methoxy groups -OCH3 is 3. The Morgan fingerprint density at radius 1 is 1.08 bits per heavy atom. The Bertz CT molecular complexity index is 537. The van der Waals surface area contributed by atoms with Gasteiger partial charge in [-0.05, 0) is 32.1 Å². The van der Waals surface area contributed by atoms with Crippen molar-refractivity contribution in [3.63, 3.8) is 0 Å². The second-order valence-electron chi connectivity index (χ2n) is 5.85. The Morgan fingerprint density at radius 3 is 2.20 bits per heavy atom. The molecule has 1 saturated carbocycles. The van der Waals surface area contributed by atoms with Gasteiger partial charge < -0.3 is 24.8 Å². The van der Waals surface area contributed by atoms with Crippen molar-refractivity contribution in [2.75, 3.05) is 41.0 Å². The molecule has 1 aromatic rings. The van der Waals surface area contributed by atoms with Crippen LogP contribution in [0.2, 0.25) is 0 Å². The molecule has 2 rings (SSSR count). The zero-order valence-corrected chi connectivity index (χ0v) is 17.9. The SMILES string of the molecule is CCNC(=NCC1CC1)NCCc1c(OC)cc(OC)cc1OC.I. The molecule has 0 saturated heterocycles. The van der Waals surface area contributed by atoms with E-state index in [1.807, 2.05) is 12.1 Å². The van der Waals surface area contributed by atoms with E-state index in [4.69, 9.17) is 14.2 Å². The molecule has 0 unspecified atom stereocenters. The first-order valence-corrected chi connectivity index (χ1v) is 8.52. The highest BCUT2D eigenvalue weighted by atomic mass is 127. The summed E-state index contributed by atoms with van der Waals surface area (Å²) >= 11 is 0. The zero-order valence-electron chi connectivity index (χ0n) is 15.6. The summed E-state index contributed by atoms with van der Waals surface area (Å²) in [6.45, 7) is 4.58. The van der Waals surface area contributed by atoms with Crippen LogP contribution in [0.3, 0.4) is 0 Å². The number of benzene rings is 1. The van der Waals surface area contributed by atoms with Crippen LogP contribution in [-0.2, 0) is 6.42 Å². The molecule has 0 atom stereocenters. The molecule has 2 N–H and O–H groups in total. The predicted octanol–water partition coefficient (Wildman–Crippen LogP) is 2.84. The van der Waals surface area contributed by atoms with Gasteiger partial charge in [0.25, 0.3) is 0 Å². The van der Waals surface area contributed by atoms with Gasteiger partial charge in [-0.1, -0.05) is 0 Å². The van der Waals surface area contributed by atoms with Gasteiger partial charge in [0.15, 0.2) is 5.96 Å². The van der Waals surface area contributed by atoms with Crippen molar-refractivity contribution in [3.8, 4) is 17.2 Å². The third-order valence-electron chi connectivity index (χ3n) is 4.03. The largest absolute Gasteiger partial charge is 0.496 e. The van der Waals surface area contributed by atoms with Gasteiger partial charge in [0.2, 0.25) is 0 Å². The molecule has 7 heteroatoms. The van der Waals surface area contributed by atoms with Gasteiger partial charge in [-0.15, -0.1) is 24.0 Å². The van der Waals surface area contributed by atoms with E-state index in [0.717, 1.165) is 60.7 Å². The standard InChI is InChI=1S/C18H29N3O3.HI/c1-5-19-18(21-12-13-6-7-13)20-9-8-15-16(23-3)10-14(22-2)11-17(15)24-4;/h10-11,13H,5-9,12H2,1-4H3,(H2,19,20,21);1H. The molecule has 1 aliphatic rings. The van der Waals surface area contributed by atoms with Crippen molar-refractivity contribution in [2.24, 2.45) is 10.9 Å². The van der Waals surface area contributed by atoms with Crippen LogP contribution in [0.1, 0.15) is 25.3 Å². The monoisotopic (exact) mass is 463 g/mol. The van der Waals surface area contributed by atoms with Crippen LogP contribution in [0.25, 0.3) is 0 Å². The summed E-state index contributed by atoms with van der Waals surface area (Å²) in [5.41, 5.74) is 1.02. The average molecular weight is 463 g/mol. The molecule has 1 aliphatic carbocycles. The van der Waals surface area contributed by atoms with E-state index in [1.165, 1.54) is 12.8 Å². The van der Waals surface area contributed by atoms with Crippen molar-refractivity contribution in [1.82, 2.24) is 10.6 Å². The maximum Gasteiger partial charge on any atom is 0.191 e. The molecule has 142 valence electrons. The second-order valence-corrected chi connectivity index (χ2v) is 5.85. The third kappa shape index (κ3) is 6.80. The van der Waals surface area contributed by atoms with Crippen LogP contribution < -0.4 is 24.8 Å². The van der Waals surface area contributed by atoms with Crippen molar-refractivity contribution in [3.05, 3.63) is 17.7 Å². The summed E-state index contributed by atoms with van der Waals surface area (Å²) < 4.78 is 16.3. The number of rotatable bonds is 9. The van der Waals surface area contributed by atoms with E-state index in [2.05, 4.69) is 22.5 Å². The highest BCUT2D eigenvalue weighted by Gasteiger charge is 2.20. The summed E-state index contributed by atoms with van der Waals surface area (Å²) in [6.07, 6.45) is 3.39. The van der Waals surface area contributed by atoms with Crippen molar-refractivity contribution in [1.29, 1.82) is 0 Å². The van der Waals surface area contributed by atoms with E-state index in [-0.39, 0.29) is 24.0 Å². The van der Waals surface area contributed by atoms with Gasteiger partial charge in [-0.25, -0.2) is 0 Å². The second kappa shape index (κ2) is 11.3. The highest BCUT2D eigenvalue weighted by molar-refractivity contribution is 14.0. The van der Waals surface area contributed by atoms with Crippen LogP contribution in [-0.4, -0.2) is 46.9 Å². The fourth-order valence-electron chi connectivity index (χ4n) is 2.49. The lowest BCUT2D eigenvalue weighted by Gasteiger charge is -2.16. The van der Waals surface area contributed by atoms with Crippen molar-refractivity contribution in [2.45, 2.75) is 26.2 Å². The molecule has 0 aliphatic heterocycles. The number of nitrogens with one attached hydrogen (secondary N) is 2. The first-order chi connectivity index (χ1) is 11.7. The summed E-state index contributed by atoms with van der Waals surface area (Å²) in [7, 11) is 4.95. The Morgan fingerprint density at radius 2 is 1.72 bits per heavy atom. The number of hydrogen-bond donors (Lipinski definition) is 2. The van der Waals surface area contributed by atoms with Crippen LogP contribution in [0, 0.1) is 5.92 Å². The Hall–Kier alpha value is -1.38. The maximum absolute atomic E-state index is 5.49. The van der Waals surface area contributed by atoms with Gasteiger partial charge in [0.05, 0.1) is 21.3 Å². The van der Waals surface area contributed by atoms with Crippen LogP contribution in [0.5, 0.6) is 17.2 Å². The molecular weight excluding hydrogens is 433 g/mol. The minimum absolute atomic E-state index is 0. The van der Waals surface area contributed by atoms with Crippen molar-refractivity contribution < 1.29 is 14.2 Å². The smallest absolute Gasteiger partial charge is 0.191 e. The van der Waals surface area contributed by atoms with Gasteiger partial charge in [0, 0.05) is 37.3 Å². The molecule has 0 aromatic heterocycles. The van der Waals surface area contributed by atoms with Gasteiger partial charge in [-0.3, -0.25) is 4.99 Å². The minimum atomic E-state index is 0. The van der Waals surface area contributed by atoms with Crippen LogP contribution in [0.15, 0.2) is 17.1 Å². The fraction of sp³-hybridized carbons (Fsp3) is 0.611. The molecule has 0 bridgehead atoms. The number of halogens is 1. The molecule has 0 radical (unpaired) electrons. The molecule has 0 spiro atoms. The summed E-state index contributed by atoms with van der Waals surface area (Å²) in [4.78, 5) is 4.63. The first-order valence-electron chi connectivity index (χ1n) is 8.52. The highest BCUT2D eigenvalue weighted by Crippen LogP contribution is 2.34. The molecule has 25 heavy (non-hydrogen) atoms. The first kappa shape index (κ1) is 21.7. The van der Waals surface area contributed by atoms with E-state index in [1.54, 1.807) is 21.3 Å². The molecule has 0 amide bonds. The molecular formula is C18H30IN3O3. The topological polar surface area (TPSA) is 64.1 Å². The third-order valence-corrected chi connectivity index (χ3v) is 4.03. The van der Waals surface area contributed by atoms with E-state index < -0.39 is 0 Å². The predicted molar refractivity (Wildman–Crippen MR) is 112 cm³/mol. The Balaban J connectivity index is 0.00000312. The lowest BCUT2D eigenvalue weighted by molar-refractivity contribution is 0.368. The van der Waals surface area contributed by atoms with E-state index in [0.29, 0.717) is 0 Å². The van der Waals surface area contributed by atoms with Gasteiger partial charge in [0.1, 0.15) is 17.2 Å². The number of hydrogen-bond acceptors (Lipinski definition) is 4. The van der Waals surface area contributed by atoms with E-state index >= 15 is 0 Å². The average Bonchev–Trinajstić information content (AvgIpc) is 3.43. The molecule has 6 nitrogen and oxygen atoms in total. The summed E-state index contributed by atoms with van der Waals surface area (Å²) in [5, 5.41) is 6.66. The van der Waals surface area contributed by atoms with Crippen molar-refractivity contribution >= 4 is 29.9 Å². The summed E-state index contributed by atoms with van der Waals surface area (Å²) in [5.74, 6) is 3.92. The lowest BCUT2D eigenvalue weighted by atomic mass is 10.1. The number of ether oxygens (including phenoxy) is 3. The van der Waals surface area contributed by atoms with E-state index in [9.17, 15) is 0 Å². The van der Waals surface area contributed by atoms with Gasteiger partial charge >= 0.3 is 0 Å². The minimum Gasteiger partial charge on any atom is -0.496 e. The van der Waals surface area contributed by atoms with Gasteiger partial charge in [-0.2, -0.15) is 0 Å². The molecule has 1 fully saturated rings. The summed E-state index contributed by atoms with van der Waals surface area (Å²) in [6, 6.07) is 3.76. The lowest BCUT2D eigenvalue weighted by Crippen LogP contribution is -2.38. The van der Waals surface area contributed by atoms with Crippen LogP contribution in [0.4, 0.5) is 0 Å². The number of guanidine groups is 1.